The molecule has 4 heteroatoms. The first-order valence-corrected chi connectivity index (χ1v) is 7.88. The van der Waals surface area contributed by atoms with Crippen molar-refractivity contribution in [1.29, 1.82) is 5.26 Å². The summed E-state index contributed by atoms with van der Waals surface area (Å²) in [6.07, 6.45) is 1.53. The quantitative estimate of drug-likeness (QED) is 0.802. The van der Waals surface area contributed by atoms with E-state index in [9.17, 15) is 4.79 Å². The second-order valence-corrected chi connectivity index (χ2v) is 5.84. The maximum atomic E-state index is 12.3. The van der Waals surface area contributed by atoms with Crippen LogP contribution in [-0.2, 0) is 4.84 Å². The molecule has 24 heavy (non-hydrogen) atoms. The van der Waals surface area contributed by atoms with Crippen LogP contribution in [0.25, 0.3) is 0 Å². The Bertz CT molecular complexity index is 776. The van der Waals surface area contributed by atoms with Gasteiger partial charge in [-0.2, -0.15) is 5.26 Å². The van der Waals surface area contributed by atoms with E-state index >= 15 is 0 Å². The molecular weight excluding hydrogens is 300 g/mol. The molecule has 0 amide bonds. The van der Waals surface area contributed by atoms with Gasteiger partial charge >= 0.3 is 5.97 Å². The molecular formula is C20H18N2O2. The fourth-order valence-electron chi connectivity index (χ4n) is 2.81. The van der Waals surface area contributed by atoms with Gasteiger partial charge in [0.2, 0.25) is 0 Å². The van der Waals surface area contributed by atoms with Crippen LogP contribution in [0.5, 0.6) is 0 Å². The fourth-order valence-corrected chi connectivity index (χ4v) is 2.81. The maximum absolute atomic E-state index is 12.3. The van der Waals surface area contributed by atoms with Crippen molar-refractivity contribution >= 4 is 5.97 Å². The minimum Gasteiger partial charge on any atom is -0.363 e. The second kappa shape index (κ2) is 7.12. The van der Waals surface area contributed by atoms with E-state index < -0.39 is 0 Å². The van der Waals surface area contributed by atoms with Crippen LogP contribution in [0.3, 0.4) is 0 Å². The summed E-state index contributed by atoms with van der Waals surface area (Å²) in [6.45, 7) is 4.69. The molecule has 2 aromatic rings. The van der Waals surface area contributed by atoms with Crippen LogP contribution in [0.1, 0.15) is 40.4 Å². The minimum absolute atomic E-state index is 0.0772. The number of benzene rings is 2. The summed E-state index contributed by atoms with van der Waals surface area (Å²) in [5, 5.41) is 10.7. The molecule has 1 atom stereocenters. The van der Waals surface area contributed by atoms with Crippen LogP contribution < -0.4 is 0 Å². The summed E-state index contributed by atoms with van der Waals surface area (Å²) in [4.78, 5) is 18.0. The predicted octanol–water partition coefficient (Wildman–Crippen LogP) is 4.02. The van der Waals surface area contributed by atoms with Gasteiger partial charge in [-0.3, -0.25) is 0 Å². The monoisotopic (exact) mass is 318 g/mol. The Morgan fingerprint density at radius 1 is 1.17 bits per heavy atom. The maximum Gasteiger partial charge on any atom is 0.357 e. The third kappa shape index (κ3) is 3.53. The highest BCUT2D eigenvalue weighted by molar-refractivity contribution is 5.89. The minimum atomic E-state index is -0.359. The molecule has 0 saturated carbocycles. The average molecular weight is 318 g/mol. The molecule has 0 aliphatic carbocycles. The third-order valence-electron chi connectivity index (χ3n) is 4.15. The molecule has 1 fully saturated rings. The molecule has 1 unspecified atom stereocenters. The number of hydrogen-bond acceptors (Lipinski definition) is 4. The lowest BCUT2D eigenvalue weighted by Crippen LogP contribution is -2.36. The molecule has 0 aromatic heterocycles. The number of piperidine rings is 1. The summed E-state index contributed by atoms with van der Waals surface area (Å²) < 4.78 is 0. The molecule has 0 spiro atoms. The number of hydrogen-bond donors (Lipinski definition) is 0. The highest BCUT2D eigenvalue weighted by Crippen LogP contribution is 2.33. The van der Waals surface area contributed by atoms with Crippen molar-refractivity contribution in [3.63, 3.8) is 0 Å². The van der Waals surface area contributed by atoms with Crippen LogP contribution in [0, 0.1) is 11.3 Å². The van der Waals surface area contributed by atoms with Gasteiger partial charge < -0.3 is 4.84 Å². The van der Waals surface area contributed by atoms with Crippen molar-refractivity contribution in [2.24, 2.45) is 0 Å². The van der Waals surface area contributed by atoms with Gasteiger partial charge in [0.1, 0.15) is 0 Å². The number of rotatable bonds is 3. The predicted molar refractivity (Wildman–Crippen MR) is 90.8 cm³/mol. The first kappa shape index (κ1) is 16.0. The average Bonchev–Trinajstić information content (AvgIpc) is 2.64. The first-order chi connectivity index (χ1) is 11.7. The van der Waals surface area contributed by atoms with Crippen molar-refractivity contribution in [3.8, 4) is 6.07 Å². The number of nitriles is 1. The summed E-state index contributed by atoms with van der Waals surface area (Å²) in [6, 6.07) is 18.4. The van der Waals surface area contributed by atoms with Gasteiger partial charge in [-0.25, -0.2) is 4.79 Å². The molecule has 4 nitrogen and oxygen atoms in total. The lowest BCUT2D eigenvalue weighted by molar-refractivity contribution is -0.146. The van der Waals surface area contributed by atoms with Gasteiger partial charge in [-0.15, -0.1) is 5.06 Å². The van der Waals surface area contributed by atoms with E-state index in [2.05, 4.69) is 12.6 Å². The normalized spacial score (nSPS) is 18.0. The van der Waals surface area contributed by atoms with Gasteiger partial charge in [0.05, 0.1) is 23.2 Å². The van der Waals surface area contributed by atoms with Gasteiger partial charge in [-0.05, 0) is 42.7 Å². The largest absolute Gasteiger partial charge is 0.363 e. The molecule has 0 radical (unpaired) electrons. The Kier molecular flexibility index (Phi) is 4.74. The number of carbonyl (C=O) groups is 1. The Labute approximate surface area is 141 Å². The molecule has 0 bridgehead atoms. The summed E-state index contributed by atoms with van der Waals surface area (Å²) in [5.74, 6) is -0.359. The SMILES string of the molecule is C=C1CCN(OC(=O)c2ccccc2)C(c2ccc(C#N)cc2)C1. The smallest absolute Gasteiger partial charge is 0.357 e. The zero-order valence-electron chi connectivity index (χ0n) is 13.3. The second-order valence-electron chi connectivity index (χ2n) is 5.84. The van der Waals surface area contributed by atoms with Crippen molar-refractivity contribution in [2.75, 3.05) is 6.54 Å². The van der Waals surface area contributed by atoms with Crippen LogP contribution in [0.4, 0.5) is 0 Å². The van der Waals surface area contributed by atoms with Crippen LogP contribution in [0.15, 0.2) is 66.7 Å². The number of nitrogens with zero attached hydrogens (tertiary/aromatic N) is 2. The van der Waals surface area contributed by atoms with E-state index in [-0.39, 0.29) is 12.0 Å². The third-order valence-corrected chi connectivity index (χ3v) is 4.15. The Balaban J connectivity index is 1.80. The summed E-state index contributed by atoms with van der Waals surface area (Å²) in [5.41, 5.74) is 3.29. The Morgan fingerprint density at radius 3 is 2.54 bits per heavy atom. The van der Waals surface area contributed by atoms with Crippen molar-refractivity contribution < 1.29 is 9.63 Å². The van der Waals surface area contributed by atoms with Gasteiger partial charge in [0, 0.05) is 6.54 Å². The standard InChI is InChI=1S/C20H18N2O2/c1-15-11-12-22(24-20(23)18-5-3-2-4-6-18)19(13-15)17-9-7-16(14-21)8-10-17/h2-10,19H,1,11-13H2. The highest BCUT2D eigenvalue weighted by Gasteiger charge is 2.29. The molecule has 3 rings (SSSR count). The van der Waals surface area contributed by atoms with Crippen LogP contribution in [-0.4, -0.2) is 17.6 Å². The molecule has 2 aromatic carbocycles. The summed E-state index contributed by atoms with van der Waals surface area (Å²) >= 11 is 0. The first-order valence-electron chi connectivity index (χ1n) is 7.88. The molecule has 0 N–H and O–H groups in total. The molecule has 120 valence electrons. The molecule has 1 saturated heterocycles. The van der Waals surface area contributed by atoms with E-state index in [0.29, 0.717) is 17.7 Å². The van der Waals surface area contributed by atoms with Crippen molar-refractivity contribution in [2.45, 2.75) is 18.9 Å². The lowest BCUT2D eigenvalue weighted by Gasteiger charge is -2.35. The van der Waals surface area contributed by atoms with Gasteiger partial charge in [0.15, 0.2) is 0 Å². The van der Waals surface area contributed by atoms with Crippen molar-refractivity contribution in [1.82, 2.24) is 5.06 Å². The zero-order valence-corrected chi connectivity index (χ0v) is 13.3. The molecule has 1 aliphatic rings. The van der Waals surface area contributed by atoms with E-state index in [0.717, 1.165) is 24.0 Å². The van der Waals surface area contributed by atoms with E-state index in [4.69, 9.17) is 10.1 Å². The van der Waals surface area contributed by atoms with E-state index in [1.807, 2.05) is 30.3 Å². The Morgan fingerprint density at radius 2 is 1.88 bits per heavy atom. The van der Waals surface area contributed by atoms with Crippen LogP contribution >= 0.6 is 0 Å². The molecule has 1 aliphatic heterocycles. The fraction of sp³-hybridized carbons (Fsp3) is 0.200. The topological polar surface area (TPSA) is 53.3 Å². The van der Waals surface area contributed by atoms with Crippen LogP contribution in [0.2, 0.25) is 0 Å². The van der Waals surface area contributed by atoms with E-state index in [1.165, 1.54) is 0 Å². The molecule has 1 heterocycles. The number of carbonyl (C=O) groups excluding carboxylic acids is 1. The zero-order chi connectivity index (χ0) is 16.9. The van der Waals surface area contributed by atoms with Gasteiger partial charge in [0.25, 0.3) is 0 Å². The lowest BCUT2D eigenvalue weighted by atomic mass is 9.93. The van der Waals surface area contributed by atoms with E-state index in [1.54, 1.807) is 29.3 Å². The Hall–Kier alpha value is -2.90. The number of hydroxylamine groups is 2. The van der Waals surface area contributed by atoms with Gasteiger partial charge in [-0.1, -0.05) is 42.5 Å². The highest BCUT2D eigenvalue weighted by atomic mass is 16.7. The summed E-state index contributed by atoms with van der Waals surface area (Å²) in [7, 11) is 0. The van der Waals surface area contributed by atoms with Crippen molar-refractivity contribution in [3.05, 3.63) is 83.4 Å².